The van der Waals surface area contributed by atoms with Crippen molar-refractivity contribution in [2.75, 3.05) is 18.4 Å². The third-order valence-electron chi connectivity index (χ3n) is 3.49. The van der Waals surface area contributed by atoms with E-state index in [-0.39, 0.29) is 18.9 Å². The second-order valence-electron chi connectivity index (χ2n) is 5.20. The Balaban J connectivity index is 1.84. The molecule has 0 atom stereocenters. The second-order valence-corrected chi connectivity index (χ2v) is 5.20. The fraction of sp³-hybridized carbons (Fsp3) is 0.533. The number of carbonyl (C=O) groups excluding carboxylic acids is 1. The van der Waals surface area contributed by atoms with Crippen molar-refractivity contribution in [1.82, 2.24) is 5.32 Å². The van der Waals surface area contributed by atoms with Gasteiger partial charge in [0, 0.05) is 19.5 Å². The molecule has 1 aliphatic rings. The Morgan fingerprint density at radius 2 is 2.10 bits per heavy atom. The summed E-state index contributed by atoms with van der Waals surface area (Å²) in [4.78, 5) is 12.1. The van der Waals surface area contributed by atoms with Crippen LogP contribution < -0.4 is 10.6 Å². The SMILES string of the molecule is O=C(NCCCCC(F)(F)F)c1cccc2c1NCCC2. The van der Waals surface area contributed by atoms with Gasteiger partial charge in [-0.05, 0) is 37.3 Å². The number of hydrogen-bond acceptors (Lipinski definition) is 2. The van der Waals surface area contributed by atoms with Crippen LogP contribution in [0.5, 0.6) is 0 Å². The predicted molar refractivity (Wildman–Crippen MR) is 75.5 cm³/mol. The van der Waals surface area contributed by atoms with Gasteiger partial charge in [-0.3, -0.25) is 4.79 Å². The highest BCUT2D eigenvalue weighted by atomic mass is 19.4. The highest BCUT2D eigenvalue weighted by Gasteiger charge is 2.25. The topological polar surface area (TPSA) is 41.1 Å². The second kappa shape index (κ2) is 6.83. The molecule has 0 aliphatic carbocycles. The van der Waals surface area contributed by atoms with Crippen molar-refractivity contribution in [3.63, 3.8) is 0 Å². The highest BCUT2D eigenvalue weighted by Crippen LogP contribution is 2.26. The van der Waals surface area contributed by atoms with Crippen molar-refractivity contribution in [3.05, 3.63) is 29.3 Å². The van der Waals surface area contributed by atoms with E-state index < -0.39 is 12.6 Å². The largest absolute Gasteiger partial charge is 0.389 e. The molecule has 6 heteroatoms. The first-order chi connectivity index (χ1) is 9.97. The van der Waals surface area contributed by atoms with E-state index in [0.717, 1.165) is 30.6 Å². The molecule has 1 amide bonds. The summed E-state index contributed by atoms with van der Waals surface area (Å²) in [5, 5.41) is 5.91. The molecule has 2 N–H and O–H groups in total. The molecule has 0 unspecified atom stereocenters. The Morgan fingerprint density at radius 1 is 1.29 bits per heavy atom. The zero-order chi connectivity index (χ0) is 15.3. The maximum absolute atomic E-state index is 12.1. The van der Waals surface area contributed by atoms with Crippen LogP contribution in [0, 0.1) is 0 Å². The molecule has 0 bridgehead atoms. The molecule has 0 fully saturated rings. The number of nitrogens with one attached hydrogen (secondary N) is 2. The average molecular weight is 300 g/mol. The number of alkyl halides is 3. The minimum Gasteiger partial charge on any atom is -0.384 e. The predicted octanol–water partition coefficient (Wildman–Crippen LogP) is 3.51. The molecule has 0 saturated carbocycles. The van der Waals surface area contributed by atoms with Crippen molar-refractivity contribution in [2.45, 2.75) is 38.3 Å². The summed E-state index contributed by atoms with van der Waals surface area (Å²) >= 11 is 0. The van der Waals surface area contributed by atoms with Crippen molar-refractivity contribution >= 4 is 11.6 Å². The molecule has 1 aliphatic heterocycles. The molecular weight excluding hydrogens is 281 g/mol. The Bertz CT molecular complexity index is 500. The van der Waals surface area contributed by atoms with Crippen LogP contribution in [0.4, 0.5) is 18.9 Å². The van der Waals surface area contributed by atoms with E-state index in [0.29, 0.717) is 12.0 Å². The van der Waals surface area contributed by atoms with E-state index in [1.807, 2.05) is 12.1 Å². The smallest absolute Gasteiger partial charge is 0.384 e. The van der Waals surface area contributed by atoms with Gasteiger partial charge in [-0.1, -0.05) is 12.1 Å². The number of benzene rings is 1. The summed E-state index contributed by atoms with van der Waals surface area (Å²) in [6, 6.07) is 5.56. The van der Waals surface area contributed by atoms with Crippen LogP contribution in [0.15, 0.2) is 18.2 Å². The Kier molecular flexibility index (Phi) is 5.09. The fourth-order valence-electron chi connectivity index (χ4n) is 2.45. The monoisotopic (exact) mass is 300 g/mol. The van der Waals surface area contributed by atoms with E-state index >= 15 is 0 Å². The van der Waals surface area contributed by atoms with Gasteiger partial charge in [0.15, 0.2) is 0 Å². The molecule has 2 rings (SSSR count). The minimum absolute atomic E-state index is 0.0366. The van der Waals surface area contributed by atoms with Gasteiger partial charge in [0.2, 0.25) is 0 Å². The lowest BCUT2D eigenvalue weighted by Gasteiger charge is -2.20. The number of aryl methyl sites for hydroxylation is 1. The van der Waals surface area contributed by atoms with E-state index in [9.17, 15) is 18.0 Å². The molecule has 1 aromatic carbocycles. The van der Waals surface area contributed by atoms with Gasteiger partial charge in [-0.25, -0.2) is 0 Å². The molecule has 0 aromatic heterocycles. The fourth-order valence-corrected chi connectivity index (χ4v) is 2.45. The van der Waals surface area contributed by atoms with Gasteiger partial charge < -0.3 is 10.6 Å². The molecule has 116 valence electrons. The van der Waals surface area contributed by atoms with E-state index in [4.69, 9.17) is 0 Å². The van der Waals surface area contributed by atoms with Crippen LogP contribution >= 0.6 is 0 Å². The zero-order valence-corrected chi connectivity index (χ0v) is 11.7. The average Bonchev–Trinajstić information content (AvgIpc) is 2.45. The molecule has 0 radical (unpaired) electrons. The number of fused-ring (bicyclic) bond motifs is 1. The van der Waals surface area contributed by atoms with Crippen LogP contribution in [0.2, 0.25) is 0 Å². The lowest BCUT2D eigenvalue weighted by Crippen LogP contribution is -2.27. The van der Waals surface area contributed by atoms with Crippen LogP contribution in [0.25, 0.3) is 0 Å². The normalized spacial score (nSPS) is 14.2. The first-order valence-electron chi connectivity index (χ1n) is 7.18. The number of anilines is 1. The Hall–Kier alpha value is -1.72. The van der Waals surface area contributed by atoms with Gasteiger partial charge in [-0.2, -0.15) is 13.2 Å². The van der Waals surface area contributed by atoms with Crippen molar-refractivity contribution in [1.29, 1.82) is 0 Å². The summed E-state index contributed by atoms with van der Waals surface area (Å²) in [6.45, 7) is 1.10. The van der Waals surface area contributed by atoms with E-state index in [1.165, 1.54) is 0 Å². The summed E-state index contributed by atoms with van der Waals surface area (Å²) in [5.41, 5.74) is 2.55. The number of amides is 1. The molecule has 21 heavy (non-hydrogen) atoms. The maximum atomic E-state index is 12.1. The van der Waals surface area contributed by atoms with Gasteiger partial charge in [0.1, 0.15) is 0 Å². The quantitative estimate of drug-likeness (QED) is 0.817. The molecule has 0 spiro atoms. The number of rotatable bonds is 5. The lowest BCUT2D eigenvalue weighted by molar-refractivity contribution is -0.135. The maximum Gasteiger partial charge on any atom is 0.389 e. The van der Waals surface area contributed by atoms with Gasteiger partial charge in [0.25, 0.3) is 5.91 Å². The van der Waals surface area contributed by atoms with Crippen LogP contribution in [0.1, 0.15) is 41.6 Å². The number of unbranched alkanes of at least 4 members (excludes halogenated alkanes) is 1. The van der Waals surface area contributed by atoms with Crippen molar-refractivity contribution in [3.8, 4) is 0 Å². The molecule has 1 aromatic rings. The Morgan fingerprint density at radius 3 is 2.86 bits per heavy atom. The molecule has 3 nitrogen and oxygen atoms in total. The zero-order valence-electron chi connectivity index (χ0n) is 11.7. The summed E-state index contributed by atoms with van der Waals surface area (Å²) in [6.07, 6.45) is -2.58. The highest BCUT2D eigenvalue weighted by molar-refractivity contribution is 6.00. The minimum atomic E-state index is -4.12. The number of hydrogen-bond donors (Lipinski definition) is 2. The molecule has 0 saturated heterocycles. The van der Waals surface area contributed by atoms with Gasteiger partial charge in [-0.15, -0.1) is 0 Å². The van der Waals surface area contributed by atoms with E-state index in [2.05, 4.69) is 10.6 Å². The van der Waals surface area contributed by atoms with Crippen LogP contribution in [0.3, 0.4) is 0 Å². The molecular formula is C15H19F3N2O. The number of halogens is 3. The lowest BCUT2D eigenvalue weighted by atomic mass is 9.99. The van der Waals surface area contributed by atoms with Crippen LogP contribution in [-0.4, -0.2) is 25.2 Å². The van der Waals surface area contributed by atoms with Crippen molar-refractivity contribution in [2.24, 2.45) is 0 Å². The summed E-state index contributed by atoms with van der Waals surface area (Å²) in [7, 11) is 0. The number of para-hydroxylation sites is 1. The molecule has 1 heterocycles. The van der Waals surface area contributed by atoms with Gasteiger partial charge in [0.05, 0.1) is 11.3 Å². The van der Waals surface area contributed by atoms with Gasteiger partial charge >= 0.3 is 6.18 Å². The Labute approximate surface area is 121 Å². The van der Waals surface area contributed by atoms with Crippen molar-refractivity contribution < 1.29 is 18.0 Å². The summed E-state index contributed by atoms with van der Waals surface area (Å²) in [5.74, 6) is -0.228. The third-order valence-corrected chi connectivity index (χ3v) is 3.49. The summed E-state index contributed by atoms with van der Waals surface area (Å²) < 4.78 is 36.0. The van der Waals surface area contributed by atoms with Crippen LogP contribution in [-0.2, 0) is 6.42 Å². The van der Waals surface area contributed by atoms with E-state index in [1.54, 1.807) is 6.07 Å². The third kappa shape index (κ3) is 4.65. The first kappa shape index (κ1) is 15.7. The standard InChI is InChI=1S/C15H19F3N2O/c16-15(17,18)8-1-2-9-20-14(21)12-7-3-5-11-6-4-10-19-13(11)12/h3,5,7,19H,1-2,4,6,8-10H2,(H,20,21). The number of carbonyl (C=O) groups is 1. The first-order valence-corrected chi connectivity index (χ1v) is 7.18.